The van der Waals surface area contributed by atoms with Crippen molar-refractivity contribution in [1.82, 2.24) is 9.62 Å². The fourth-order valence-corrected chi connectivity index (χ4v) is 4.12. The molecule has 1 N–H and O–H groups in total. The maximum atomic E-state index is 13.6. The van der Waals surface area contributed by atoms with Crippen LogP contribution >= 0.6 is 0 Å². The molecule has 0 bridgehead atoms. The SMILES string of the molecule is CCN(C1CCNC1)S(=O)(=O)c1ccc([N+](=O)[O-])c(F)c1. The van der Waals surface area contributed by atoms with Gasteiger partial charge in [0.05, 0.1) is 9.82 Å². The van der Waals surface area contributed by atoms with Crippen molar-refractivity contribution < 1.29 is 17.7 Å². The van der Waals surface area contributed by atoms with Crippen LogP contribution in [-0.2, 0) is 10.0 Å². The molecule has 1 aromatic carbocycles. The second-order valence-corrected chi connectivity index (χ2v) is 6.62. The number of hydrogen-bond acceptors (Lipinski definition) is 5. The van der Waals surface area contributed by atoms with E-state index in [1.807, 2.05) is 0 Å². The summed E-state index contributed by atoms with van der Waals surface area (Å²) in [6.07, 6.45) is 0.683. The summed E-state index contributed by atoms with van der Waals surface area (Å²) < 4.78 is 40.0. The van der Waals surface area contributed by atoms with E-state index < -0.39 is 26.5 Å². The highest BCUT2D eigenvalue weighted by Gasteiger charge is 2.33. The molecule has 1 aliphatic heterocycles. The molecule has 1 saturated heterocycles. The first-order valence-electron chi connectivity index (χ1n) is 6.54. The van der Waals surface area contributed by atoms with Gasteiger partial charge in [-0.25, -0.2) is 8.42 Å². The number of likely N-dealkylation sites (N-methyl/N-ethyl adjacent to an activating group) is 1. The summed E-state index contributed by atoms with van der Waals surface area (Å²) in [6, 6.07) is 2.47. The Balaban J connectivity index is 2.38. The van der Waals surface area contributed by atoms with Gasteiger partial charge < -0.3 is 5.32 Å². The molecule has 0 aliphatic carbocycles. The number of rotatable bonds is 5. The van der Waals surface area contributed by atoms with Crippen molar-refractivity contribution in [2.24, 2.45) is 0 Å². The molecular formula is C12H16FN3O4S. The van der Waals surface area contributed by atoms with Gasteiger partial charge in [0.1, 0.15) is 0 Å². The Morgan fingerprint density at radius 2 is 2.24 bits per heavy atom. The molecule has 0 amide bonds. The van der Waals surface area contributed by atoms with Crippen LogP contribution in [0.5, 0.6) is 0 Å². The van der Waals surface area contributed by atoms with Crippen LogP contribution in [0.15, 0.2) is 23.1 Å². The molecule has 2 rings (SSSR count). The van der Waals surface area contributed by atoms with E-state index in [0.717, 1.165) is 18.7 Å². The van der Waals surface area contributed by atoms with Crippen molar-refractivity contribution in [1.29, 1.82) is 0 Å². The predicted molar refractivity (Wildman–Crippen MR) is 73.9 cm³/mol. The Labute approximate surface area is 122 Å². The molecule has 7 nitrogen and oxygen atoms in total. The number of nitro groups is 1. The van der Waals surface area contributed by atoms with Crippen LogP contribution in [-0.4, -0.2) is 43.3 Å². The topological polar surface area (TPSA) is 92.6 Å². The van der Waals surface area contributed by atoms with Crippen molar-refractivity contribution in [3.63, 3.8) is 0 Å². The summed E-state index contributed by atoms with van der Waals surface area (Å²) in [5.41, 5.74) is -0.737. The number of sulfonamides is 1. The fraction of sp³-hybridized carbons (Fsp3) is 0.500. The number of halogens is 1. The Morgan fingerprint density at radius 1 is 1.52 bits per heavy atom. The van der Waals surface area contributed by atoms with Gasteiger partial charge in [0.2, 0.25) is 15.8 Å². The summed E-state index contributed by atoms with van der Waals surface area (Å²) in [7, 11) is -3.87. The summed E-state index contributed by atoms with van der Waals surface area (Å²) in [5.74, 6) is -1.15. The Morgan fingerprint density at radius 3 is 2.71 bits per heavy atom. The zero-order chi connectivity index (χ0) is 15.6. The second-order valence-electron chi connectivity index (χ2n) is 4.73. The molecule has 1 aromatic rings. The summed E-state index contributed by atoms with van der Waals surface area (Å²) in [4.78, 5) is 9.43. The lowest BCUT2D eigenvalue weighted by Crippen LogP contribution is -2.41. The molecule has 0 radical (unpaired) electrons. The Bertz CT molecular complexity index is 644. The third-order valence-corrected chi connectivity index (χ3v) is 5.50. The minimum atomic E-state index is -3.87. The summed E-state index contributed by atoms with van der Waals surface area (Å²) in [6.45, 7) is 3.23. The van der Waals surface area contributed by atoms with E-state index in [9.17, 15) is 22.9 Å². The average molecular weight is 317 g/mol. The van der Waals surface area contributed by atoms with Crippen LogP contribution in [0, 0.1) is 15.9 Å². The summed E-state index contributed by atoms with van der Waals surface area (Å²) >= 11 is 0. The number of nitro benzene ring substituents is 1. The molecule has 9 heteroatoms. The lowest BCUT2D eigenvalue weighted by Gasteiger charge is -2.26. The standard InChI is InChI=1S/C12H16FN3O4S/c1-2-15(9-5-6-14-8-9)21(19,20)10-3-4-12(16(17)18)11(13)7-10/h3-4,7,9,14H,2,5-6,8H2,1H3. The maximum Gasteiger partial charge on any atom is 0.304 e. The highest BCUT2D eigenvalue weighted by Crippen LogP contribution is 2.25. The smallest absolute Gasteiger partial charge is 0.304 e. The maximum absolute atomic E-state index is 13.6. The van der Waals surface area contributed by atoms with Crippen molar-refractivity contribution in [2.45, 2.75) is 24.3 Å². The van der Waals surface area contributed by atoms with E-state index in [4.69, 9.17) is 0 Å². The first kappa shape index (κ1) is 15.8. The predicted octanol–water partition coefficient (Wildman–Crippen LogP) is 1.11. The minimum Gasteiger partial charge on any atom is -0.315 e. The van der Waals surface area contributed by atoms with Crippen LogP contribution in [0.4, 0.5) is 10.1 Å². The van der Waals surface area contributed by atoms with Crippen LogP contribution in [0.2, 0.25) is 0 Å². The number of benzene rings is 1. The van der Waals surface area contributed by atoms with Gasteiger partial charge >= 0.3 is 5.69 Å². The zero-order valence-electron chi connectivity index (χ0n) is 11.5. The van der Waals surface area contributed by atoms with E-state index in [1.54, 1.807) is 6.92 Å². The molecule has 116 valence electrons. The van der Waals surface area contributed by atoms with Gasteiger partial charge in [0.15, 0.2) is 0 Å². The molecule has 1 atom stereocenters. The lowest BCUT2D eigenvalue weighted by molar-refractivity contribution is -0.387. The molecule has 21 heavy (non-hydrogen) atoms. The van der Waals surface area contributed by atoms with E-state index in [1.165, 1.54) is 4.31 Å². The van der Waals surface area contributed by atoms with Gasteiger partial charge in [-0.3, -0.25) is 10.1 Å². The van der Waals surface area contributed by atoms with Gasteiger partial charge in [-0.05, 0) is 19.0 Å². The van der Waals surface area contributed by atoms with E-state index in [2.05, 4.69) is 5.32 Å². The van der Waals surface area contributed by atoms with E-state index in [-0.39, 0.29) is 17.5 Å². The zero-order valence-corrected chi connectivity index (χ0v) is 12.3. The number of nitrogens with zero attached hydrogens (tertiary/aromatic N) is 2. The van der Waals surface area contributed by atoms with Gasteiger partial charge in [-0.1, -0.05) is 6.92 Å². The Hall–Kier alpha value is -1.58. The van der Waals surface area contributed by atoms with Crippen molar-refractivity contribution >= 4 is 15.7 Å². The molecule has 0 aromatic heterocycles. The third kappa shape index (κ3) is 3.04. The van der Waals surface area contributed by atoms with Crippen LogP contribution in [0.1, 0.15) is 13.3 Å². The lowest BCUT2D eigenvalue weighted by atomic mass is 10.3. The first-order valence-corrected chi connectivity index (χ1v) is 7.98. The van der Waals surface area contributed by atoms with Gasteiger partial charge in [-0.15, -0.1) is 0 Å². The fourth-order valence-electron chi connectivity index (χ4n) is 2.44. The van der Waals surface area contributed by atoms with Crippen molar-refractivity contribution in [3.8, 4) is 0 Å². The van der Waals surface area contributed by atoms with Gasteiger partial charge in [0, 0.05) is 31.3 Å². The van der Waals surface area contributed by atoms with Crippen molar-refractivity contribution in [2.75, 3.05) is 19.6 Å². The molecule has 0 saturated carbocycles. The quantitative estimate of drug-likeness (QED) is 0.648. The molecule has 1 unspecified atom stereocenters. The average Bonchev–Trinajstić information content (AvgIpc) is 2.92. The van der Waals surface area contributed by atoms with Crippen LogP contribution in [0.25, 0.3) is 0 Å². The first-order chi connectivity index (χ1) is 9.87. The summed E-state index contributed by atoms with van der Waals surface area (Å²) in [5, 5.41) is 13.7. The normalized spacial score (nSPS) is 19.1. The highest BCUT2D eigenvalue weighted by molar-refractivity contribution is 7.89. The van der Waals surface area contributed by atoms with E-state index in [0.29, 0.717) is 19.0 Å². The van der Waals surface area contributed by atoms with Crippen LogP contribution in [0.3, 0.4) is 0 Å². The Kier molecular flexibility index (Phi) is 4.55. The van der Waals surface area contributed by atoms with Gasteiger partial charge in [-0.2, -0.15) is 8.70 Å². The number of hydrogen-bond donors (Lipinski definition) is 1. The molecule has 1 heterocycles. The minimum absolute atomic E-state index is 0.182. The van der Waals surface area contributed by atoms with E-state index >= 15 is 0 Å². The molecule has 1 fully saturated rings. The van der Waals surface area contributed by atoms with Crippen molar-refractivity contribution in [3.05, 3.63) is 34.1 Å². The molecule has 0 spiro atoms. The van der Waals surface area contributed by atoms with Crippen LogP contribution < -0.4 is 5.32 Å². The number of nitrogens with one attached hydrogen (secondary N) is 1. The largest absolute Gasteiger partial charge is 0.315 e. The third-order valence-electron chi connectivity index (χ3n) is 3.48. The van der Waals surface area contributed by atoms with Gasteiger partial charge in [0.25, 0.3) is 0 Å². The second kappa shape index (κ2) is 6.04. The highest BCUT2D eigenvalue weighted by atomic mass is 32.2. The molecular weight excluding hydrogens is 301 g/mol. The molecule has 1 aliphatic rings. The monoisotopic (exact) mass is 317 g/mol.